The Morgan fingerprint density at radius 2 is 1.67 bits per heavy atom. The molecule has 0 saturated heterocycles. The standard InChI is InChI=1S/C21H35N3O6/c1-25-13-15-27-9-3-7-22-21(23-8-12-28-16-14-26-2)24-18-5-6-19-20(17-18)30-11-4-10-29-19/h5-6,17H,3-4,7-16H2,1-2H3,(H2,22,23,24). The highest BCUT2D eigenvalue weighted by Crippen LogP contribution is 2.32. The van der Waals surface area contributed by atoms with Crippen molar-refractivity contribution in [3.63, 3.8) is 0 Å². The van der Waals surface area contributed by atoms with Crippen LogP contribution in [0.3, 0.4) is 0 Å². The van der Waals surface area contributed by atoms with E-state index in [1.54, 1.807) is 14.2 Å². The quantitative estimate of drug-likeness (QED) is 0.265. The molecule has 170 valence electrons. The third-order valence-corrected chi connectivity index (χ3v) is 4.13. The van der Waals surface area contributed by atoms with Gasteiger partial charge in [0.1, 0.15) is 0 Å². The first kappa shape index (κ1) is 24.2. The Labute approximate surface area is 179 Å². The average Bonchev–Trinajstić information content (AvgIpc) is 3.00. The molecule has 0 amide bonds. The lowest BCUT2D eigenvalue weighted by atomic mass is 10.3. The Morgan fingerprint density at radius 3 is 2.43 bits per heavy atom. The molecular formula is C21H35N3O6. The first-order valence-electron chi connectivity index (χ1n) is 10.4. The van der Waals surface area contributed by atoms with Crippen molar-refractivity contribution >= 4 is 11.6 Å². The van der Waals surface area contributed by atoms with Gasteiger partial charge in [0.15, 0.2) is 17.5 Å². The molecule has 1 heterocycles. The third-order valence-electron chi connectivity index (χ3n) is 4.13. The summed E-state index contributed by atoms with van der Waals surface area (Å²) in [6, 6.07) is 5.80. The molecule has 0 bridgehead atoms. The van der Waals surface area contributed by atoms with Gasteiger partial charge in [0.05, 0.1) is 46.2 Å². The minimum atomic E-state index is 0.561. The smallest absolute Gasteiger partial charge is 0.195 e. The Morgan fingerprint density at radius 1 is 0.933 bits per heavy atom. The van der Waals surface area contributed by atoms with Crippen molar-refractivity contribution in [2.45, 2.75) is 12.8 Å². The number of benzene rings is 1. The van der Waals surface area contributed by atoms with E-state index in [0.717, 1.165) is 30.0 Å². The highest BCUT2D eigenvalue weighted by Gasteiger charge is 2.11. The summed E-state index contributed by atoms with van der Waals surface area (Å²) in [4.78, 5) is 4.63. The Bertz CT molecular complexity index is 614. The van der Waals surface area contributed by atoms with Gasteiger partial charge in [0, 0.05) is 52.1 Å². The zero-order valence-corrected chi connectivity index (χ0v) is 18.1. The molecule has 0 aliphatic carbocycles. The van der Waals surface area contributed by atoms with E-state index in [1.807, 2.05) is 18.2 Å². The molecule has 9 nitrogen and oxygen atoms in total. The molecule has 0 saturated carbocycles. The number of nitrogens with zero attached hydrogens (tertiary/aromatic N) is 1. The molecule has 1 aromatic carbocycles. The first-order valence-corrected chi connectivity index (χ1v) is 10.4. The molecule has 0 aromatic heterocycles. The van der Waals surface area contributed by atoms with Crippen LogP contribution in [0, 0.1) is 0 Å². The van der Waals surface area contributed by atoms with Crippen LogP contribution in [0.2, 0.25) is 0 Å². The molecule has 9 heteroatoms. The molecule has 1 aliphatic heterocycles. The van der Waals surface area contributed by atoms with Crippen molar-refractivity contribution < 1.29 is 28.4 Å². The van der Waals surface area contributed by atoms with Crippen LogP contribution in [0.25, 0.3) is 0 Å². The molecule has 0 unspecified atom stereocenters. The Balaban J connectivity index is 1.86. The van der Waals surface area contributed by atoms with Gasteiger partial charge in [0.2, 0.25) is 0 Å². The number of guanidine groups is 1. The lowest BCUT2D eigenvalue weighted by Gasteiger charge is -2.15. The van der Waals surface area contributed by atoms with Crippen LogP contribution < -0.4 is 20.1 Å². The summed E-state index contributed by atoms with van der Waals surface area (Å²) in [5, 5.41) is 6.61. The number of hydrogen-bond donors (Lipinski definition) is 2. The fourth-order valence-corrected chi connectivity index (χ4v) is 2.61. The predicted octanol–water partition coefficient (Wildman–Crippen LogP) is 1.92. The van der Waals surface area contributed by atoms with Gasteiger partial charge in [-0.3, -0.25) is 4.99 Å². The van der Waals surface area contributed by atoms with Crippen molar-refractivity contribution in [1.29, 1.82) is 0 Å². The second kappa shape index (κ2) is 15.7. The highest BCUT2D eigenvalue weighted by atomic mass is 16.5. The molecule has 2 rings (SSSR count). The fourth-order valence-electron chi connectivity index (χ4n) is 2.61. The number of nitrogens with one attached hydrogen (secondary N) is 2. The Kier molecular flexibility index (Phi) is 12.7. The average molecular weight is 426 g/mol. The van der Waals surface area contributed by atoms with Gasteiger partial charge in [0.25, 0.3) is 0 Å². The van der Waals surface area contributed by atoms with Crippen LogP contribution in [-0.4, -0.2) is 86.1 Å². The second-order valence-electron chi connectivity index (χ2n) is 6.56. The monoisotopic (exact) mass is 425 g/mol. The van der Waals surface area contributed by atoms with Crippen molar-refractivity contribution in [2.75, 3.05) is 85.5 Å². The van der Waals surface area contributed by atoms with Gasteiger partial charge in [-0.1, -0.05) is 0 Å². The fraction of sp³-hybridized carbons (Fsp3) is 0.667. The number of ether oxygens (including phenoxy) is 6. The summed E-state index contributed by atoms with van der Waals surface area (Å²) in [5.41, 5.74) is 0.877. The summed E-state index contributed by atoms with van der Waals surface area (Å²) >= 11 is 0. The molecule has 1 aliphatic rings. The highest BCUT2D eigenvalue weighted by molar-refractivity contribution is 5.93. The minimum absolute atomic E-state index is 0.561. The van der Waals surface area contributed by atoms with Gasteiger partial charge in [-0.25, -0.2) is 0 Å². The van der Waals surface area contributed by atoms with E-state index in [0.29, 0.717) is 71.9 Å². The zero-order chi connectivity index (χ0) is 21.3. The van der Waals surface area contributed by atoms with Crippen LogP contribution in [-0.2, 0) is 18.9 Å². The molecule has 0 spiro atoms. The van der Waals surface area contributed by atoms with Crippen molar-refractivity contribution in [3.05, 3.63) is 18.2 Å². The molecule has 1 aromatic rings. The molecule has 0 fully saturated rings. The number of fused-ring (bicyclic) bond motifs is 1. The number of methoxy groups -OCH3 is 2. The van der Waals surface area contributed by atoms with Crippen molar-refractivity contribution in [2.24, 2.45) is 4.99 Å². The number of hydrogen-bond acceptors (Lipinski definition) is 7. The summed E-state index contributed by atoms with van der Waals surface area (Å²) in [5.74, 6) is 2.19. The van der Waals surface area contributed by atoms with Gasteiger partial charge < -0.3 is 39.1 Å². The second-order valence-corrected chi connectivity index (χ2v) is 6.56. The van der Waals surface area contributed by atoms with E-state index in [9.17, 15) is 0 Å². The van der Waals surface area contributed by atoms with E-state index in [1.165, 1.54) is 0 Å². The molecule has 0 radical (unpaired) electrons. The van der Waals surface area contributed by atoms with Gasteiger partial charge in [-0.15, -0.1) is 0 Å². The number of anilines is 1. The topological polar surface area (TPSA) is 91.8 Å². The van der Waals surface area contributed by atoms with E-state index >= 15 is 0 Å². The van der Waals surface area contributed by atoms with Crippen LogP contribution >= 0.6 is 0 Å². The third kappa shape index (κ3) is 10.1. The first-order chi connectivity index (χ1) is 14.8. The molecule has 2 N–H and O–H groups in total. The molecular weight excluding hydrogens is 390 g/mol. The van der Waals surface area contributed by atoms with Crippen LogP contribution in [0.15, 0.2) is 23.2 Å². The van der Waals surface area contributed by atoms with Gasteiger partial charge >= 0.3 is 0 Å². The Hall–Kier alpha value is -2.07. The van der Waals surface area contributed by atoms with Crippen LogP contribution in [0.4, 0.5) is 5.69 Å². The maximum atomic E-state index is 5.77. The van der Waals surface area contributed by atoms with E-state index < -0.39 is 0 Å². The maximum absolute atomic E-state index is 5.77. The largest absolute Gasteiger partial charge is 0.490 e. The predicted molar refractivity (Wildman–Crippen MR) is 116 cm³/mol. The maximum Gasteiger partial charge on any atom is 0.195 e. The zero-order valence-electron chi connectivity index (χ0n) is 18.1. The lowest BCUT2D eigenvalue weighted by molar-refractivity contribution is 0.0702. The van der Waals surface area contributed by atoms with E-state index in [2.05, 4.69) is 15.6 Å². The summed E-state index contributed by atoms with van der Waals surface area (Å²) < 4.78 is 32.4. The van der Waals surface area contributed by atoms with Gasteiger partial charge in [-0.2, -0.15) is 0 Å². The summed E-state index contributed by atoms with van der Waals surface area (Å²) in [6.45, 7) is 6.14. The van der Waals surface area contributed by atoms with Crippen LogP contribution in [0.5, 0.6) is 11.5 Å². The minimum Gasteiger partial charge on any atom is -0.490 e. The number of rotatable bonds is 14. The van der Waals surface area contributed by atoms with E-state index in [-0.39, 0.29) is 0 Å². The van der Waals surface area contributed by atoms with Crippen molar-refractivity contribution in [3.8, 4) is 11.5 Å². The summed E-state index contributed by atoms with van der Waals surface area (Å²) in [6.07, 6.45) is 1.70. The van der Waals surface area contributed by atoms with Crippen LogP contribution in [0.1, 0.15) is 12.8 Å². The summed E-state index contributed by atoms with van der Waals surface area (Å²) in [7, 11) is 3.32. The normalized spacial score (nSPS) is 13.7. The molecule has 30 heavy (non-hydrogen) atoms. The SMILES string of the molecule is COCCOCCCN=C(NCCOCCOC)Nc1ccc2c(c1)OCCCO2. The lowest BCUT2D eigenvalue weighted by Crippen LogP contribution is -2.34. The molecule has 0 atom stereocenters. The van der Waals surface area contributed by atoms with E-state index in [4.69, 9.17) is 28.4 Å². The van der Waals surface area contributed by atoms with Gasteiger partial charge in [-0.05, 0) is 18.6 Å². The number of aliphatic imine (C=N–C) groups is 1. The van der Waals surface area contributed by atoms with Crippen molar-refractivity contribution in [1.82, 2.24) is 5.32 Å².